The standard InChI is InChI=1S/C17H20N2OS/c20-17(12-15-7-11-21-13-15)19-10-1-2-16(19)4-3-14-5-8-18-9-6-14/h5-9,11,13,16H,1-4,10,12H2/t16-/m0/s1. The Bertz CT molecular complexity index is 568. The van der Waals surface area contributed by atoms with Gasteiger partial charge in [0.2, 0.25) is 5.91 Å². The molecule has 1 aliphatic rings. The molecule has 3 nitrogen and oxygen atoms in total. The monoisotopic (exact) mass is 300 g/mol. The quantitative estimate of drug-likeness (QED) is 0.849. The largest absolute Gasteiger partial charge is 0.339 e. The number of hydrogen-bond acceptors (Lipinski definition) is 3. The van der Waals surface area contributed by atoms with Gasteiger partial charge in [-0.25, -0.2) is 0 Å². The summed E-state index contributed by atoms with van der Waals surface area (Å²) in [5.41, 5.74) is 2.45. The maximum absolute atomic E-state index is 12.5. The lowest BCUT2D eigenvalue weighted by atomic mass is 10.0. The van der Waals surface area contributed by atoms with Gasteiger partial charge in [0.25, 0.3) is 0 Å². The number of thiophene rings is 1. The molecule has 4 heteroatoms. The second-order valence-electron chi connectivity index (χ2n) is 5.59. The molecule has 1 aliphatic heterocycles. The van der Waals surface area contributed by atoms with Crippen molar-refractivity contribution < 1.29 is 4.79 Å². The van der Waals surface area contributed by atoms with Gasteiger partial charge in [-0.1, -0.05) is 0 Å². The SMILES string of the molecule is O=C(Cc1ccsc1)N1CCC[C@H]1CCc1ccncc1. The Labute approximate surface area is 129 Å². The first-order valence-corrected chi connectivity index (χ1v) is 8.46. The van der Waals surface area contributed by atoms with Crippen LogP contribution in [0.4, 0.5) is 0 Å². The van der Waals surface area contributed by atoms with Crippen LogP contribution in [0.2, 0.25) is 0 Å². The number of nitrogens with zero attached hydrogens (tertiary/aromatic N) is 2. The van der Waals surface area contributed by atoms with Gasteiger partial charge >= 0.3 is 0 Å². The first-order valence-electron chi connectivity index (χ1n) is 7.52. The Morgan fingerprint density at radius 1 is 1.29 bits per heavy atom. The minimum absolute atomic E-state index is 0.283. The highest BCUT2D eigenvalue weighted by molar-refractivity contribution is 7.07. The molecule has 3 heterocycles. The van der Waals surface area contributed by atoms with Crippen LogP contribution >= 0.6 is 11.3 Å². The van der Waals surface area contributed by atoms with E-state index in [9.17, 15) is 4.79 Å². The average Bonchev–Trinajstić information content (AvgIpc) is 3.17. The van der Waals surface area contributed by atoms with Crippen molar-refractivity contribution in [1.82, 2.24) is 9.88 Å². The summed E-state index contributed by atoms with van der Waals surface area (Å²) in [6.07, 6.45) is 8.58. The maximum atomic E-state index is 12.5. The fourth-order valence-electron chi connectivity index (χ4n) is 3.02. The average molecular weight is 300 g/mol. The minimum atomic E-state index is 0.283. The van der Waals surface area contributed by atoms with Gasteiger partial charge in [-0.2, -0.15) is 11.3 Å². The van der Waals surface area contributed by atoms with Gasteiger partial charge in [0.05, 0.1) is 6.42 Å². The Balaban J connectivity index is 1.56. The van der Waals surface area contributed by atoms with Crippen molar-refractivity contribution in [2.45, 2.75) is 38.1 Å². The van der Waals surface area contributed by atoms with Crippen molar-refractivity contribution in [3.8, 4) is 0 Å². The Hall–Kier alpha value is -1.68. The highest BCUT2D eigenvalue weighted by Gasteiger charge is 2.28. The third-order valence-electron chi connectivity index (χ3n) is 4.15. The molecule has 1 saturated heterocycles. The number of amides is 1. The van der Waals surface area contributed by atoms with Gasteiger partial charge in [-0.3, -0.25) is 9.78 Å². The molecule has 0 bridgehead atoms. The van der Waals surface area contributed by atoms with Crippen LogP contribution in [-0.2, 0) is 17.6 Å². The topological polar surface area (TPSA) is 33.2 Å². The summed E-state index contributed by atoms with van der Waals surface area (Å²) in [6, 6.07) is 6.58. The van der Waals surface area contributed by atoms with Gasteiger partial charge in [0, 0.05) is 25.0 Å². The van der Waals surface area contributed by atoms with E-state index in [2.05, 4.69) is 27.4 Å². The molecule has 3 rings (SSSR count). The Morgan fingerprint density at radius 3 is 2.90 bits per heavy atom. The van der Waals surface area contributed by atoms with Crippen molar-refractivity contribution in [3.63, 3.8) is 0 Å². The van der Waals surface area contributed by atoms with Crippen LogP contribution in [0.3, 0.4) is 0 Å². The molecule has 0 unspecified atom stereocenters. The second kappa shape index (κ2) is 6.85. The van der Waals surface area contributed by atoms with Crippen LogP contribution in [0.15, 0.2) is 41.4 Å². The number of aryl methyl sites for hydroxylation is 1. The normalized spacial score (nSPS) is 18.1. The fourth-order valence-corrected chi connectivity index (χ4v) is 3.68. The first kappa shape index (κ1) is 14.3. The van der Waals surface area contributed by atoms with Gasteiger partial charge in [0.15, 0.2) is 0 Å². The lowest BCUT2D eigenvalue weighted by Crippen LogP contribution is -2.36. The summed E-state index contributed by atoms with van der Waals surface area (Å²) in [7, 11) is 0. The van der Waals surface area contributed by atoms with Gasteiger partial charge in [0.1, 0.15) is 0 Å². The van der Waals surface area contributed by atoms with Crippen LogP contribution < -0.4 is 0 Å². The van der Waals surface area contributed by atoms with Crippen molar-refractivity contribution in [2.75, 3.05) is 6.54 Å². The molecule has 0 saturated carbocycles. The molecule has 0 spiro atoms. The van der Waals surface area contributed by atoms with E-state index >= 15 is 0 Å². The number of aromatic nitrogens is 1. The van der Waals surface area contributed by atoms with Crippen LogP contribution in [-0.4, -0.2) is 28.4 Å². The van der Waals surface area contributed by atoms with Crippen molar-refractivity contribution in [2.24, 2.45) is 0 Å². The Morgan fingerprint density at radius 2 is 2.14 bits per heavy atom. The third-order valence-corrected chi connectivity index (χ3v) is 4.88. The summed E-state index contributed by atoms with van der Waals surface area (Å²) in [5.74, 6) is 0.283. The lowest BCUT2D eigenvalue weighted by Gasteiger charge is -2.24. The van der Waals surface area contributed by atoms with Crippen molar-refractivity contribution in [3.05, 3.63) is 52.5 Å². The molecular weight excluding hydrogens is 280 g/mol. The summed E-state index contributed by atoms with van der Waals surface area (Å²) in [4.78, 5) is 18.6. The highest BCUT2D eigenvalue weighted by atomic mass is 32.1. The van der Waals surface area contributed by atoms with E-state index in [1.165, 1.54) is 5.56 Å². The molecule has 21 heavy (non-hydrogen) atoms. The van der Waals surface area contributed by atoms with Crippen LogP contribution in [0.25, 0.3) is 0 Å². The van der Waals surface area contributed by atoms with Gasteiger partial charge in [-0.05, 0) is 65.8 Å². The molecule has 1 atom stereocenters. The molecular formula is C17H20N2OS. The number of carbonyl (C=O) groups excluding carboxylic acids is 1. The molecule has 0 aliphatic carbocycles. The van der Waals surface area contributed by atoms with Crippen LogP contribution in [0.1, 0.15) is 30.4 Å². The first-order chi connectivity index (χ1) is 10.3. The molecule has 2 aromatic heterocycles. The number of hydrogen-bond donors (Lipinski definition) is 0. The summed E-state index contributed by atoms with van der Waals surface area (Å²) >= 11 is 1.66. The molecule has 0 radical (unpaired) electrons. The van der Waals surface area contributed by atoms with E-state index < -0.39 is 0 Å². The van der Waals surface area contributed by atoms with E-state index in [0.717, 1.165) is 37.8 Å². The van der Waals surface area contributed by atoms with Crippen LogP contribution in [0, 0.1) is 0 Å². The van der Waals surface area contributed by atoms with Crippen molar-refractivity contribution in [1.29, 1.82) is 0 Å². The van der Waals surface area contributed by atoms with Crippen molar-refractivity contribution >= 4 is 17.2 Å². The number of carbonyl (C=O) groups is 1. The zero-order valence-electron chi connectivity index (χ0n) is 12.1. The highest BCUT2D eigenvalue weighted by Crippen LogP contribution is 2.23. The lowest BCUT2D eigenvalue weighted by molar-refractivity contribution is -0.131. The summed E-state index contributed by atoms with van der Waals surface area (Å²) in [6.45, 7) is 0.921. The molecule has 110 valence electrons. The molecule has 1 fully saturated rings. The molecule has 0 aromatic carbocycles. The van der Waals surface area contributed by atoms with E-state index in [1.807, 2.05) is 23.8 Å². The van der Waals surface area contributed by atoms with E-state index in [0.29, 0.717) is 12.5 Å². The predicted molar refractivity (Wildman–Crippen MR) is 85.3 cm³/mol. The van der Waals surface area contributed by atoms with E-state index in [1.54, 1.807) is 11.3 Å². The van der Waals surface area contributed by atoms with Gasteiger partial charge in [-0.15, -0.1) is 0 Å². The third kappa shape index (κ3) is 3.70. The second-order valence-corrected chi connectivity index (χ2v) is 6.37. The van der Waals surface area contributed by atoms with E-state index in [4.69, 9.17) is 0 Å². The molecule has 2 aromatic rings. The summed E-state index contributed by atoms with van der Waals surface area (Å²) < 4.78 is 0. The Kier molecular flexibility index (Phi) is 4.65. The number of likely N-dealkylation sites (tertiary alicyclic amines) is 1. The van der Waals surface area contributed by atoms with Gasteiger partial charge < -0.3 is 4.90 Å². The van der Waals surface area contributed by atoms with Crippen LogP contribution in [0.5, 0.6) is 0 Å². The zero-order valence-corrected chi connectivity index (χ0v) is 12.9. The number of pyridine rings is 1. The zero-order chi connectivity index (χ0) is 14.5. The minimum Gasteiger partial charge on any atom is -0.339 e. The maximum Gasteiger partial charge on any atom is 0.227 e. The number of rotatable bonds is 5. The molecule has 0 N–H and O–H groups in total. The fraction of sp³-hybridized carbons (Fsp3) is 0.412. The van der Waals surface area contributed by atoms with E-state index in [-0.39, 0.29) is 5.91 Å². The smallest absolute Gasteiger partial charge is 0.227 e. The summed E-state index contributed by atoms with van der Waals surface area (Å²) in [5, 5.41) is 4.10. The predicted octanol–water partition coefficient (Wildman–Crippen LogP) is 3.31. The molecule has 1 amide bonds.